The van der Waals surface area contributed by atoms with Crippen molar-refractivity contribution in [3.8, 4) is 0 Å². The van der Waals surface area contributed by atoms with Gasteiger partial charge in [-0.2, -0.15) is 0 Å². The molecule has 0 aromatic rings. The van der Waals surface area contributed by atoms with E-state index in [0.29, 0.717) is 0 Å². The first kappa shape index (κ1) is 10.9. The third-order valence-electron chi connectivity index (χ3n) is 1.36. The first-order chi connectivity index (χ1) is 5.31. The van der Waals surface area contributed by atoms with Crippen molar-refractivity contribution >= 4 is 0 Å². The second-order valence-corrected chi connectivity index (χ2v) is 2.65. The lowest BCUT2D eigenvalue weighted by Gasteiger charge is -2.09. The largest absolute Gasteiger partial charge is 0.395 e. The van der Waals surface area contributed by atoms with Crippen LogP contribution in [0.15, 0.2) is 0 Å². The van der Waals surface area contributed by atoms with Gasteiger partial charge in [0, 0.05) is 19.2 Å². The van der Waals surface area contributed by atoms with Gasteiger partial charge in [0.25, 0.3) is 0 Å². The third kappa shape index (κ3) is 7.78. The molecule has 0 amide bonds. The van der Waals surface area contributed by atoms with Gasteiger partial charge in [0.15, 0.2) is 0 Å². The zero-order valence-electron chi connectivity index (χ0n) is 7.47. The molecule has 0 fully saturated rings. The maximum atomic E-state index is 8.63. The molecular weight excluding hydrogens is 142 g/mol. The van der Waals surface area contributed by atoms with Crippen LogP contribution >= 0.6 is 0 Å². The summed E-state index contributed by atoms with van der Waals surface area (Å²) in [5, 5.41) is 11.8. The number of nitrogens with one attached hydrogen (secondary N) is 1. The van der Waals surface area contributed by atoms with Gasteiger partial charge in [0.2, 0.25) is 0 Å². The fourth-order valence-electron chi connectivity index (χ4n) is 0.688. The summed E-state index contributed by atoms with van der Waals surface area (Å²) in [4.78, 5) is 0. The Kier molecular flexibility index (Phi) is 7.89. The predicted molar refractivity (Wildman–Crippen MR) is 45.7 cm³/mol. The molecule has 3 heteroatoms. The van der Waals surface area contributed by atoms with Gasteiger partial charge in [-0.05, 0) is 13.3 Å². The van der Waals surface area contributed by atoms with Crippen molar-refractivity contribution in [1.82, 2.24) is 5.32 Å². The Hall–Kier alpha value is -0.120. The molecule has 0 spiro atoms. The van der Waals surface area contributed by atoms with E-state index in [9.17, 15) is 0 Å². The zero-order chi connectivity index (χ0) is 8.53. The lowest BCUT2D eigenvalue weighted by atomic mass is 10.4. The molecule has 0 aromatic heterocycles. The van der Waals surface area contributed by atoms with Crippen LogP contribution in [0.1, 0.15) is 20.3 Å². The van der Waals surface area contributed by atoms with E-state index in [1.807, 2.05) is 6.92 Å². The summed E-state index contributed by atoms with van der Waals surface area (Å²) in [7, 11) is 0. The van der Waals surface area contributed by atoms with E-state index in [1.54, 1.807) is 0 Å². The highest BCUT2D eigenvalue weighted by Gasteiger charge is 1.95. The Morgan fingerprint density at radius 3 is 2.73 bits per heavy atom. The first-order valence-electron chi connectivity index (χ1n) is 4.23. The van der Waals surface area contributed by atoms with Crippen molar-refractivity contribution in [2.24, 2.45) is 0 Å². The van der Waals surface area contributed by atoms with Crippen LogP contribution in [-0.4, -0.2) is 37.5 Å². The van der Waals surface area contributed by atoms with Gasteiger partial charge in [0.05, 0.1) is 13.2 Å². The number of aliphatic hydroxyl groups is 1. The lowest BCUT2D eigenvalue weighted by molar-refractivity contribution is 0.131. The normalized spacial score (nSPS) is 13.4. The molecule has 0 saturated heterocycles. The van der Waals surface area contributed by atoms with Crippen LogP contribution in [0.4, 0.5) is 0 Å². The van der Waals surface area contributed by atoms with Gasteiger partial charge in [-0.25, -0.2) is 0 Å². The molecule has 1 unspecified atom stereocenters. The summed E-state index contributed by atoms with van der Waals surface area (Å²) >= 11 is 0. The Labute approximate surface area is 68.8 Å². The Balaban J connectivity index is 2.89. The Bertz CT molecular complexity index is 78.5. The number of rotatable bonds is 7. The average molecular weight is 161 g/mol. The summed E-state index contributed by atoms with van der Waals surface area (Å²) in [5.74, 6) is 0. The van der Waals surface area contributed by atoms with Crippen molar-refractivity contribution in [3.05, 3.63) is 0 Å². The zero-order valence-corrected chi connectivity index (χ0v) is 7.47. The van der Waals surface area contributed by atoms with E-state index in [0.717, 1.165) is 26.2 Å². The van der Waals surface area contributed by atoms with Gasteiger partial charge >= 0.3 is 0 Å². The van der Waals surface area contributed by atoms with Crippen LogP contribution in [0, 0.1) is 0 Å². The predicted octanol–water partition coefficient (Wildman–Crippen LogP) is 0.383. The maximum absolute atomic E-state index is 8.63. The van der Waals surface area contributed by atoms with Gasteiger partial charge in [-0.1, -0.05) is 6.92 Å². The van der Waals surface area contributed by atoms with E-state index < -0.39 is 0 Å². The number of hydrogen-bond acceptors (Lipinski definition) is 3. The SMILES string of the molecule is CCCOCCNC(C)CO. The number of aliphatic hydroxyl groups excluding tert-OH is 1. The van der Waals surface area contributed by atoms with Crippen LogP contribution in [0.5, 0.6) is 0 Å². The van der Waals surface area contributed by atoms with Crippen LogP contribution in [-0.2, 0) is 4.74 Å². The van der Waals surface area contributed by atoms with Crippen molar-refractivity contribution in [2.75, 3.05) is 26.4 Å². The quantitative estimate of drug-likeness (QED) is 0.530. The smallest absolute Gasteiger partial charge is 0.0591 e. The summed E-state index contributed by atoms with van der Waals surface area (Å²) in [6.07, 6.45) is 1.07. The van der Waals surface area contributed by atoms with Crippen LogP contribution in [0.25, 0.3) is 0 Å². The number of ether oxygens (including phenoxy) is 1. The van der Waals surface area contributed by atoms with Crippen LogP contribution in [0.3, 0.4) is 0 Å². The van der Waals surface area contributed by atoms with Crippen molar-refractivity contribution in [1.29, 1.82) is 0 Å². The molecule has 2 N–H and O–H groups in total. The van der Waals surface area contributed by atoms with Gasteiger partial charge in [0.1, 0.15) is 0 Å². The van der Waals surface area contributed by atoms with E-state index >= 15 is 0 Å². The summed E-state index contributed by atoms with van der Waals surface area (Å²) in [6, 6.07) is 0.181. The standard InChI is InChI=1S/C8H19NO2/c1-3-5-11-6-4-9-8(2)7-10/h8-10H,3-7H2,1-2H3. The highest BCUT2D eigenvalue weighted by Crippen LogP contribution is 1.80. The highest BCUT2D eigenvalue weighted by atomic mass is 16.5. The second kappa shape index (κ2) is 7.98. The van der Waals surface area contributed by atoms with Crippen molar-refractivity contribution in [2.45, 2.75) is 26.3 Å². The van der Waals surface area contributed by atoms with E-state index in [-0.39, 0.29) is 12.6 Å². The highest BCUT2D eigenvalue weighted by molar-refractivity contribution is 4.56. The summed E-state index contributed by atoms with van der Waals surface area (Å²) in [5.41, 5.74) is 0. The summed E-state index contributed by atoms with van der Waals surface area (Å²) < 4.78 is 5.23. The number of hydrogen-bond donors (Lipinski definition) is 2. The summed E-state index contributed by atoms with van der Waals surface area (Å²) in [6.45, 7) is 6.60. The molecule has 68 valence electrons. The van der Waals surface area contributed by atoms with E-state index in [1.165, 1.54) is 0 Å². The van der Waals surface area contributed by atoms with Gasteiger partial charge < -0.3 is 15.2 Å². The fourth-order valence-corrected chi connectivity index (χ4v) is 0.688. The van der Waals surface area contributed by atoms with E-state index in [4.69, 9.17) is 9.84 Å². The van der Waals surface area contributed by atoms with Gasteiger partial charge in [-0.15, -0.1) is 0 Å². The fraction of sp³-hybridized carbons (Fsp3) is 1.00. The molecule has 0 aliphatic rings. The minimum absolute atomic E-state index is 0.181. The molecule has 0 rings (SSSR count). The Morgan fingerprint density at radius 1 is 1.45 bits per heavy atom. The minimum atomic E-state index is 0.181. The molecule has 0 heterocycles. The molecule has 0 aliphatic carbocycles. The molecule has 0 radical (unpaired) electrons. The minimum Gasteiger partial charge on any atom is -0.395 e. The molecule has 1 atom stereocenters. The van der Waals surface area contributed by atoms with E-state index in [2.05, 4.69) is 12.2 Å². The molecular formula is C8H19NO2. The third-order valence-corrected chi connectivity index (χ3v) is 1.36. The lowest BCUT2D eigenvalue weighted by Crippen LogP contribution is -2.32. The molecule has 0 saturated carbocycles. The van der Waals surface area contributed by atoms with Crippen LogP contribution in [0.2, 0.25) is 0 Å². The second-order valence-electron chi connectivity index (χ2n) is 2.65. The Morgan fingerprint density at radius 2 is 2.18 bits per heavy atom. The molecule has 0 bridgehead atoms. The molecule has 3 nitrogen and oxygen atoms in total. The average Bonchev–Trinajstić information content (AvgIpc) is 2.04. The molecule has 0 aromatic carbocycles. The molecule has 11 heavy (non-hydrogen) atoms. The first-order valence-corrected chi connectivity index (χ1v) is 4.23. The van der Waals surface area contributed by atoms with Crippen molar-refractivity contribution < 1.29 is 9.84 Å². The monoisotopic (exact) mass is 161 g/mol. The molecule has 0 aliphatic heterocycles. The topological polar surface area (TPSA) is 41.5 Å². The van der Waals surface area contributed by atoms with Crippen LogP contribution < -0.4 is 5.32 Å². The van der Waals surface area contributed by atoms with Gasteiger partial charge in [-0.3, -0.25) is 0 Å². The van der Waals surface area contributed by atoms with Crippen molar-refractivity contribution in [3.63, 3.8) is 0 Å². The maximum Gasteiger partial charge on any atom is 0.0591 e.